The number of rotatable bonds is 13. The molecule has 2 unspecified atom stereocenters. The zero-order valence-corrected chi connectivity index (χ0v) is 20.7. The molecule has 0 spiro atoms. The molecule has 1 aliphatic rings. The van der Waals surface area contributed by atoms with Crippen molar-refractivity contribution in [1.29, 1.82) is 0 Å². The number of carboxylic acids is 1. The molecule has 36 heavy (non-hydrogen) atoms. The summed E-state index contributed by atoms with van der Waals surface area (Å²) in [6, 6.07) is 15.8. The maximum absolute atomic E-state index is 13.3. The summed E-state index contributed by atoms with van der Waals surface area (Å²) in [6.45, 7) is 0.475. The van der Waals surface area contributed by atoms with Crippen molar-refractivity contribution in [3.8, 4) is 0 Å². The molecule has 8 heteroatoms. The van der Waals surface area contributed by atoms with E-state index in [0.29, 0.717) is 31.8 Å². The smallest absolute Gasteiger partial charge is 0.317 e. The summed E-state index contributed by atoms with van der Waals surface area (Å²) in [5.41, 5.74) is 8.52. The molecule has 2 amide bonds. The SMILES string of the molecule is NCc1ccc(CNC(=O)C(Cc2ccccc2)NC(=O)C(CC2CCCCC2)NCC(=O)O)cc1. The summed E-state index contributed by atoms with van der Waals surface area (Å²) in [5, 5.41) is 17.9. The van der Waals surface area contributed by atoms with Gasteiger partial charge in [0.25, 0.3) is 0 Å². The first-order valence-electron chi connectivity index (χ1n) is 12.8. The number of hydrogen-bond donors (Lipinski definition) is 5. The van der Waals surface area contributed by atoms with Crippen LogP contribution in [0.3, 0.4) is 0 Å². The quantitative estimate of drug-likeness (QED) is 0.291. The highest BCUT2D eigenvalue weighted by Gasteiger charge is 2.28. The highest BCUT2D eigenvalue weighted by molar-refractivity contribution is 5.90. The van der Waals surface area contributed by atoms with Crippen LogP contribution in [0.4, 0.5) is 0 Å². The minimum Gasteiger partial charge on any atom is -0.480 e. The van der Waals surface area contributed by atoms with Gasteiger partial charge in [0.15, 0.2) is 0 Å². The molecular formula is C28H38N4O4. The molecule has 8 nitrogen and oxygen atoms in total. The van der Waals surface area contributed by atoms with E-state index >= 15 is 0 Å². The van der Waals surface area contributed by atoms with Crippen LogP contribution < -0.4 is 21.7 Å². The fraction of sp³-hybridized carbons (Fsp3) is 0.464. The number of nitrogens with two attached hydrogens (primary N) is 1. The molecule has 6 N–H and O–H groups in total. The largest absolute Gasteiger partial charge is 0.480 e. The van der Waals surface area contributed by atoms with Crippen LogP contribution in [0, 0.1) is 5.92 Å². The van der Waals surface area contributed by atoms with Gasteiger partial charge < -0.3 is 21.5 Å². The van der Waals surface area contributed by atoms with Gasteiger partial charge in [-0.05, 0) is 29.0 Å². The van der Waals surface area contributed by atoms with Crippen molar-refractivity contribution < 1.29 is 19.5 Å². The number of aliphatic carboxylic acids is 1. The fourth-order valence-corrected chi connectivity index (χ4v) is 4.69. The number of carbonyl (C=O) groups is 3. The van der Waals surface area contributed by atoms with E-state index in [0.717, 1.165) is 42.4 Å². The lowest BCUT2D eigenvalue weighted by atomic mass is 9.84. The van der Waals surface area contributed by atoms with Crippen LogP contribution in [0.15, 0.2) is 54.6 Å². The number of carboxylic acid groups (broad SMARTS) is 1. The summed E-state index contributed by atoms with van der Waals surface area (Å²) in [4.78, 5) is 37.7. The second-order valence-electron chi connectivity index (χ2n) is 9.56. The highest BCUT2D eigenvalue weighted by Crippen LogP contribution is 2.27. The third-order valence-electron chi connectivity index (χ3n) is 6.75. The minimum absolute atomic E-state index is 0.287. The summed E-state index contributed by atoms with van der Waals surface area (Å²) < 4.78 is 0. The fourth-order valence-electron chi connectivity index (χ4n) is 4.69. The van der Waals surface area contributed by atoms with Crippen LogP contribution in [-0.4, -0.2) is 41.5 Å². The molecule has 1 fully saturated rings. The number of carbonyl (C=O) groups excluding carboxylic acids is 2. The van der Waals surface area contributed by atoms with Crippen molar-refractivity contribution in [3.05, 3.63) is 71.3 Å². The maximum atomic E-state index is 13.3. The second kappa shape index (κ2) is 14.4. The zero-order valence-electron chi connectivity index (χ0n) is 20.7. The second-order valence-corrected chi connectivity index (χ2v) is 9.56. The molecule has 0 bridgehead atoms. The average molecular weight is 495 g/mol. The van der Waals surface area contributed by atoms with Crippen LogP contribution in [0.25, 0.3) is 0 Å². The molecule has 2 atom stereocenters. The standard InChI is InChI=1S/C28H38N4O4/c29-17-22-11-13-23(14-12-22)18-31-27(35)25(16-21-9-5-2-6-10-21)32-28(36)24(30-19-26(33)34)15-20-7-3-1-4-8-20/h2,5-6,9-14,20,24-25,30H,1,3-4,7-8,15-19,29H2,(H,31,35)(H,32,36)(H,33,34). The first-order chi connectivity index (χ1) is 17.4. The van der Waals surface area contributed by atoms with Gasteiger partial charge in [-0.3, -0.25) is 19.7 Å². The average Bonchev–Trinajstić information content (AvgIpc) is 2.90. The van der Waals surface area contributed by atoms with Crippen LogP contribution in [0.1, 0.15) is 55.2 Å². The topological polar surface area (TPSA) is 134 Å². The van der Waals surface area contributed by atoms with Gasteiger partial charge >= 0.3 is 5.97 Å². The van der Waals surface area contributed by atoms with Gasteiger partial charge in [-0.25, -0.2) is 0 Å². The van der Waals surface area contributed by atoms with Crippen molar-refractivity contribution in [2.75, 3.05) is 6.54 Å². The first-order valence-corrected chi connectivity index (χ1v) is 12.8. The number of benzene rings is 2. The summed E-state index contributed by atoms with van der Waals surface area (Å²) in [5.74, 6) is -1.28. The van der Waals surface area contributed by atoms with E-state index < -0.39 is 18.1 Å². The molecule has 0 aromatic heterocycles. The Bertz CT molecular complexity index is 975. The number of hydrogen-bond acceptors (Lipinski definition) is 5. The van der Waals surface area contributed by atoms with E-state index in [1.807, 2.05) is 54.6 Å². The van der Waals surface area contributed by atoms with Gasteiger partial charge in [0.1, 0.15) is 6.04 Å². The van der Waals surface area contributed by atoms with Crippen LogP contribution in [0.5, 0.6) is 0 Å². The Hall–Kier alpha value is -3.23. The zero-order chi connectivity index (χ0) is 25.8. The monoisotopic (exact) mass is 494 g/mol. The Morgan fingerprint density at radius 2 is 1.53 bits per heavy atom. The highest BCUT2D eigenvalue weighted by atomic mass is 16.4. The van der Waals surface area contributed by atoms with Crippen molar-refractivity contribution in [3.63, 3.8) is 0 Å². The van der Waals surface area contributed by atoms with E-state index in [1.165, 1.54) is 6.42 Å². The summed E-state index contributed by atoms with van der Waals surface area (Å²) >= 11 is 0. The van der Waals surface area contributed by atoms with Crippen molar-refractivity contribution in [2.24, 2.45) is 11.7 Å². The Morgan fingerprint density at radius 1 is 0.861 bits per heavy atom. The Morgan fingerprint density at radius 3 is 2.17 bits per heavy atom. The van der Waals surface area contributed by atoms with E-state index in [1.54, 1.807) is 0 Å². The molecule has 3 rings (SSSR count). The third kappa shape index (κ3) is 9.09. The normalized spacial score (nSPS) is 15.6. The van der Waals surface area contributed by atoms with E-state index in [4.69, 9.17) is 10.8 Å². The third-order valence-corrected chi connectivity index (χ3v) is 6.75. The lowest BCUT2D eigenvalue weighted by Crippen LogP contribution is -2.54. The molecule has 2 aromatic carbocycles. The Kier molecular flexibility index (Phi) is 10.9. The minimum atomic E-state index is -1.02. The molecule has 1 saturated carbocycles. The van der Waals surface area contributed by atoms with Gasteiger partial charge in [0.05, 0.1) is 12.6 Å². The van der Waals surface area contributed by atoms with Gasteiger partial charge in [-0.15, -0.1) is 0 Å². The molecule has 194 valence electrons. The van der Waals surface area contributed by atoms with Crippen LogP contribution in [-0.2, 0) is 33.9 Å². The van der Waals surface area contributed by atoms with Crippen molar-refractivity contribution >= 4 is 17.8 Å². The Labute approximate surface area is 213 Å². The van der Waals surface area contributed by atoms with Crippen LogP contribution >= 0.6 is 0 Å². The van der Waals surface area contributed by atoms with E-state index in [-0.39, 0.29) is 18.4 Å². The number of nitrogens with one attached hydrogen (secondary N) is 3. The van der Waals surface area contributed by atoms with Gasteiger partial charge in [0.2, 0.25) is 11.8 Å². The summed E-state index contributed by atoms with van der Waals surface area (Å²) in [7, 11) is 0. The molecule has 0 heterocycles. The maximum Gasteiger partial charge on any atom is 0.317 e. The van der Waals surface area contributed by atoms with Crippen LogP contribution in [0.2, 0.25) is 0 Å². The van der Waals surface area contributed by atoms with E-state index in [9.17, 15) is 14.4 Å². The van der Waals surface area contributed by atoms with Gasteiger partial charge in [0, 0.05) is 19.5 Å². The molecule has 2 aromatic rings. The van der Waals surface area contributed by atoms with Gasteiger partial charge in [-0.1, -0.05) is 86.7 Å². The van der Waals surface area contributed by atoms with Gasteiger partial charge in [-0.2, -0.15) is 0 Å². The van der Waals surface area contributed by atoms with Crippen molar-refractivity contribution in [1.82, 2.24) is 16.0 Å². The molecule has 1 aliphatic carbocycles. The first kappa shape index (κ1) is 27.4. The molecule has 0 saturated heterocycles. The molecule has 0 aliphatic heterocycles. The Balaban J connectivity index is 1.69. The lowest BCUT2D eigenvalue weighted by Gasteiger charge is -2.28. The van der Waals surface area contributed by atoms with E-state index in [2.05, 4.69) is 16.0 Å². The summed E-state index contributed by atoms with van der Waals surface area (Å²) in [6.07, 6.45) is 6.42. The lowest BCUT2D eigenvalue weighted by molar-refractivity contribution is -0.136. The molecule has 0 radical (unpaired) electrons. The number of amides is 2. The van der Waals surface area contributed by atoms with Crippen molar-refractivity contribution in [2.45, 2.75) is 70.1 Å². The predicted octanol–water partition coefficient (Wildman–Crippen LogP) is 2.50. The molecular weight excluding hydrogens is 456 g/mol. The predicted molar refractivity (Wildman–Crippen MR) is 139 cm³/mol.